The first-order valence-corrected chi connectivity index (χ1v) is 6.45. The number of aromatic nitrogens is 2. The number of unbranched alkanes of at least 4 members (excludes halogenated alkanes) is 1. The Bertz CT molecular complexity index is 280. The van der Waals surface area contributed by atoms with E-state index in [1.165, 1.54) is 25.7 Å². The van der Waals surface area contributed by atoms with Gasteiger partial charge in [-0.2, -0.15) is 5.10 Å². The van der Waals surface area contributed by atoms with Crippen molar-refractivity contribution in [2.45, 2.75) is 46.1 Å². The van der Waals surface area contributed by atoms with Crippen molar-refractivity contribution in [1.29, 1.82) is 0 Å². The Labute approximate surface area is 99.2 Å². The first-order valence-electron chi connectivity index (χ1n) is 6.45. The summed E-state index contributed by atoms with van der Waals surface area (Å²) in [5.74, 6) is 0.823. The number of nitrogens with one attached hydrogen (secondary N) is 1. The minimum atomic E-state index is 0.823. The molecule has 0 radical (unpaired) electrons. The molecule has 3 heteroatoms. The van der Waals surface area contributed by atoms with E-state index >= 15 is 0 Å². The quantitative estimate of drug-likeness (QED) is 0.734. The predicted molar refractivity (Wildman–Crippen MR) is 68.2 cm³/mol. The molecule has 0 aliphatic carbocycles. The highest BCUT2D eigenvalue weighted by Crippen LogP contribution is 2.11. The lowest BCUT2D eigenvalue weighted by atomic mass is 9.99. The molecule has 1 atom stereocenters. The van der Waals surface area contributed by atoms with Crippen LogP contribution >= 0.6 is 0 Å². The molecular formula is C13H25N3. The molecule has 16 heavy (non-hydrogen) atoms. The predicted octanol–water partition coefficient (Wildman–Crippen LogP) is 2.73. The number of hydrogen-bond acceptors (Lipinski definition) is 2. The number of hydrogen-bond donors (Lipinski definition) is 1. The molecule has 0 bridgehead atoms. The molecule has 1 aromatic rings. The highest BCUT2D eigenvalue weighted by Gasteiger charge is 2.05. The van der Waals surface area contributed by atoms with Crippen LogP contribution in [0.1, 0.15) is 45.2 Å². The van der Waals surface area contributed by atoms with Crippen molar-refractivity contribution in [3.8, 4) is 0 Å². The lowest BCUT2D eigenvalue weighted by molar-refractivity contribution is 0.417. The van der Waals surface area contributed by atoms with Crippen LogP contribution in [0.4, 0.5) is 0 Å². The van der Waals surface area contributed by atoms with Gasteiger partial charge >= 0.3 is 0 Å². The summed E-state index contributed by atoms with van der Waals surface area (Å²) in [5.41, 5.74) is 1.13. The van der Waals surface area contributed by atoms with E-state index in [1.807, 2.05) is 17.9 Å². The molecule has 0 aliphatic heterocycles. The summed E-state index contributed by atoms with van der Waals surface area (Å²) in [7, 11) is 1.96. The third-order valence-electron chi connectivity index (χ3n) is 3.05. The lowest BCUT2D eigenvalue weighted by Crippen LogP contribution is -2.22. The zero-order valence-corrected chi connectivity index (χ0v) is 10.9. The van der Waals surface area contributed by atoms with Crippen molar-refractivity contribution in [1.82, 2.24) is 15.1 Å². The Hall–Kier alpha value is -0.830. The van der Waals surface area contributed by atoms with Gasteiger partial charge in [-0.25, -0.2) is 0 Å². The molecule has 0 fully saturated rings. The van der Waals surface area contributed by atoms with Crippen LogP contribution in [0.15, 0.2) is 12.3 Å². The average Bonchev–Trinajstić information content (AvgIpc) is 2.69. The van der Waals surface area contributed by atoms with E-state index in [0.717, 1.165) is 24.7 Å². The maximum Gasteiger partial charge on any atom is 0.0762 e. The minimum Gasteiger partial charge on any atom is -0.311 e. The van der Waals surface area contributed by atoms with E-state index in [4.69, 9.17) is 0 Å². The standard InChI is InChI=1S/C13H25N3/c1-4-6-7-12(5-2)10-14-11-13-8-9-16(3)15-13/h8-9,12,14H,4-7,10-11H2,1-3H3. The summed E-state index contributed by atoms with van der Waals surface area (Å²) in [4.78, 5) is 0. The van der Waals surface area contributed by atoms with Crippen molar-refractivity contribution in [2.75, 3.05) is 6.54 Å². The summed E-state index contributed by atoms with van der Waals surface area (Å²) in [6.07, 6.45) is 7.27. The number of aryl methyl sites for hydroxylation is 1. The molecule has 1 unspecified atom stereocenters. The smallest absolute Gasteiger partial charge is 0.0762 e. The van der Waals surface area contributed by atoms with Crippen LogP contribution in [-0.4, -0.2) is 16.3 Å². The Kier molecular flexibility index (Phi) is 6.16. The van der Waals surface area contributed by atoms with E-state index in [1.54, 1.807) is 0 Å². The van der Waals surface area contributed by atoms with Crippen LogP contribution in [0.2, 0.25) is 0 Å². The Morgan fingerprint density at radius 1 is 1.44 bits per heavy atom. The fourth-order valence-electron chi connectivity index (χ4n) is 1.91. The maximum atomic E-state index is 4.35. The summed E-state index contributed by atoms with van der Waals surface area (Å²) in [5, 5.41) is 7.85. The lowest BCUT2D eigenvalue weighted by Gasteiger charge is -2.14. The van der Waals surface area contributed by atoms with Crippen molar-refractivity contribution in [3.63, 3.8) is 0 Å². The maximum absolute atomic E-state index is 4.35. The molecule has 0 aromatic carbocycles. The third kappa shape index (κ3) is 4.79. The molecule has 92 valence electrons. The van der Waals surface area contributed by atoms with Crippen LogP contribution in [0.5, 0.6) is 0 Å². The molecule has 1 heterocycles. The summed E-state index contributed by atoms with van der Waals surface area (Å²) in [6.45, 7) is 6.55. The van der Waals surface area contributed by atoms with Crippen LogP contribution in [0, 0.1) is 5.92 Å². The highest BCUT2D eigenvalue weighted by atomic mass is 15.3. The second kappa shape index (κ2) is 7.44. The molecule has 3 nitrogen and oxygen atoms in total. The van der Waals surface area contributed by atoms with Gasteiger partial charge in [-0.1, -0.05) is 33.1 Å². The minimum absolute atomic E-state index is 0.823. The Morgan fingerprint density at radius 2 is 2.25 bits per heavy atom. The molecule has 0 saturated heterocycles. The molecule has 0 amide bonds. The highest BCUT2D eigenvalue weighted by molar-refractivity contribution is 4.97. The molecule has 0 saturated carbocycles. The van der Waals surface area contributed by atoms with Gasteiger partial charge in [0.1, 0.15) is 0 Å². The molecule has 0 spiro atoms. The first kappa shape index (κ1) is 13.2. The fourth-order valence-corrected chi connectivity index (χ4v) is 1.91. The van der Waals surface area contributed by atoms with Gasteiger partial charge in [-0.15, -0.1) is 0 Å². The van der Waals surface area contributed by atoms with Crippen molar-refractivity contribution in [2.24, 2.45) is 13.0 Å². The second-order valence-electron chi connectivity index (χ2n) is 4.53. The summed E-state index contributed by atoms with van der Waals surface area (Å²) >= 11 is 0. The van der Waals surface area contributed by atoms with Gasteiger partial charge in [0.25, 0.3) is 0 Å². The van der Waals surface area contributed by atoms with E-state index < -0.39 is 0 Å². The van der Waals surface area contributed by atoms with E-state index in [-0.39, 0.29) is 0 Å². The molecule has 1 aromatic heterocycles. The van der Waals surface area contributed by atoms with Crippen LogP contribution in [0.25, 0.3) is 0 Å². The fraction of sp³-hybridized carbons (Fsp3) is 0.769. The zero-order valence-electron chi connectivity index (χ0n) is 10.9. The van der Waals surface area contributed by atoms with E-state index in [2.05, 4.69) is 30.3 Å². The van der Waals surface area contributed by atoms with E-state index in [9.17, 15) is 0 Å². The zero-order chi connectivity index (χ0) is 11.8. The van der Waals surface area contributed by atoms with Gasteiger partial charge in [0.15, 0.2) is 0 Å². The molecule has 1 N–H and O–H groups in total. The largest absolute Gasteiger partial charge is 0.311 e. The monoisotopic (exact) mass is 223 g/mol. The number of nitrogens with zero attached hydrogens (tertiary/aromatic N) is 2. The van der Waals surface area contributed by atoms with Gasteiger partial charge in [0.05, 0.1) is 5.69 Å². The molecule has 0 aliphatic rings. The van der Waals surface area contributed by atoms with E-state index in [0.29, 0.717) is 0 Å². The van der Waals surface area contributed by atoms with Gasteiger partial charge in [-0.05, 0) is 24.9 Å². The van der Waals surface area contributed by atoms with Crippen molar-refractivity contribution < 1.29 is 0 Å². The Balaban J connectivity index is 2.17. The van der Waals surface area contributed by atoms with Crippen LogP contribution in [-0.2, 0) is 13.6 Å². The van der Waals surface area contributed by atoms with Crippen LogP contribution in [0.3, 0.4) is 0 Å². The third-order valence-corrected chi connectivity index (χ3v) is 3.05. The normalized spacial score (nSPS) is 12.9. The summed E-state index contributed by atoms with van der Waals surface area (Å²) in [6, 6.07) is 2.07. The number of rotatable bonds is 8. The summed E-state index contributed by atoms with van der Waals surface area (Å²) < 4.78 is 1.85. The van der Waals surface area contributed by atoms with Gasteiger partial charge in [0, 0.05) is 19.8 Å². The first-order chi connectivity index (χ1) is 7.76. The SMILES string of the molecule is CCCCC(CC)CNCc1ccn(C)n1. The van der Waals surface area contributed by atoms with Crippen molar-refractivity contribution in [3.05, 3.63) is 18.0 Å². The molecular weight excluding hydrogens is 198 g/mol. The van der Waals surface area contributed by atoms with Crippen LogP contribution < -0.4 is 5.32 Å². The average molecular weight is 223 g/mol. The second-order valence-corrected chi connectivity index (χ2v) is 4.53. The topological polar surface area (TPSA) is 29.9 Å². The van der Waals surface area contributed by atoms with Gasteiger partial charge in [0.2, 0.25) is 0 Å². The molecule has 1 rings (SSSR count). The Morgan fingerprint density at radius 3 is 2.81 bits per heavy atom. The van der Waals surface area contributed by atoms with Gasteiger partial charge < -0.3 is 5.32 Å². The van der Waals surface area contributed by atoms with Gasteiger partial charge in [-0.3, -0.25) is 4.68 Å². The van der Waals surface area contributed by atoms with Crippen molar-refractivity contribution >= 4 is 0 Å².